The molecule has 0 aromatic heterocycles. The second-order valence-electron chi connectivity index (χ2n) is 2.88. The van der Waals surface area contributed by atoms with Gasteiger partial charge >= 0.3 is 0 Å². The first kappa shape index (κ1) is 10.5. The van der Waals surface area contributed by atoms with E-state index in [1.54, 1.807) is 7.11 Å². The molecule has 1 aromatic carbocycles. The van der Waals surface area contributed by atoms with Gasteiger partial charge in [-0.2, -0.15) is 0 Å². The lowest BCUT2D eigenvalue weighted by molar-refractivity contribution is 0.184. The van der Waals surface area contributed by atoms with Gasteiger partial charge in [-0.25, -0.2) is 0 Å². The molecule has 2 nitrogen and oxygen atoms in total. The first-order valence-corrected chi connectivity index (χ1v) is 4.62. The van der Waals surface area contributed by atoms with Crippen LogP contribution in [0.2, 0.25) is 5.02 Å². The Bertz CT molecular complexity index is 276. The summed E-state index contributed by atoms with van der Waals surface area (Å²) < 4.78 is 5.07. The largest absolute Gasteiger partial charge is 0.380 e. The van der Waals surface area contributed by atoms with Crippen molar-refractivity contribution < 1.29 is 4.74 Å². The summed E-state index contributed by atoms with van der Waals surface area (Å²) in [4.78, 5) is 0. The van der Waals surface area contributed by atoms with E-state index in [1.807, 2.05) is 18.2 Å². The van der Waals surface area contributed by atoms with Crippen LogP contribution in [0.5, 0.6) is 0 Å². The molecule has 0 unspecified atom stereocenters. The monoisotopic (exact) mass is 199 g/mol. The van der Waals surface area contributed by atoms with Crippen molar-refractivity contribution in [2.75, 3.05) is 13.7 Å². The lowest BCUT2D eigenvalue weighted by atomic mass is 10.1. The Kier molecular flexibility index (Phi) is 4.22. The van der Waals surface area contributed by atoms with Crippen molar-refractivity contribution in [1.82, 2.24) is 0 Å². The van der Waals surface area contributed by atoms with Crippen molar-refractivity contribution >= 4 is 11.6 Å². The normalized spacial score (nSPS) is 10.4. The van der Waals surface area contributed by atoms with Gasteiger partial charge in [0.2, 0.25) is 0 Å². The molecule has 13 heavy (non-hydrogen) atoms. The van der Waals surface area contributed by atoms with E-state index >= 15 is 0 Å². The third-order valence-electron chi connectivity index (χ3n) is 1.88. The fourth-order valence-electron chi connectivity index (χ4n) is 1.28. The summed E-state index contributed by atoms with van der Waals surface area (Å²) >= 11 is 5.87. The Morgan fingerprint density at radius 1 is 1.38 bits per heavy atom. The predicted molar refractivity (Wildman–Crippen MR) is 54.9 cm³/mol. The van der Waals surface area contributed by atoms with E-state index in [2.05, 4.69) is 0 Å². The van der Waals surface area contributed by atoms with Crippen molar-refractivity contribution in [3.63, 3.8) is 0 Å². The molecule has 0 aliphatic rings. The summed E-state index contributed by atoms with van der Waals surface area (Å²) in [6.45, 7) is 1.24. The van der Waals surface area contributed by atoms with E-state index in [9.17, 15) is 0 Å². The van der Waals surface area contributed by atoms with Gasteiger partial charge in [0.1, 0.15) is 0 Å². The molecule has 1 aromatic rings. The summed E-state index contributed by atoms with van der Waals surface area (Å²) in [6, 6.07) is 5.81. The van der Waals surface area contributed by atoms with Crippen molar-refractivity contribution in [1.29, 1.82) is 0 Å². The molecule has 72 valence electrons. The fraction of sp³-hybridized carbons (Fsp3) is 0.400. The Morgan fingerprint density at radius 2 is 2.15 bits per heavy atom. The second kappa shape index (κ2) is 5.22. The molecule has 2 N–H and O–H groups in total. The molecule has 1 rings (SSSR count). The van der Waals surface area contributed by atoms with Gasteiger partial charge in [0.15, 0.2) is 0 Å². The van der Waals surface area contributed by atoms with Crippen LogP contribution in [-0.4, -0.2) is 13.7 Å². The second-order valence-corrected chi connectivity index (χ2v) is 3.32. The van der Waals surface area contributed by atoms with Crippen molar-refractivity contribution in [3.8, 4) is 0 Å². The van der Waals surface area contributed by atoms with Gasteiger partial charge in [-0.1, -0.05) is 17.7 Å². The summed E-state index contributed by atoms with van der Waals surface area (Å²) in [7, 11) is 1.67. The highest BCUT2D eigenvalue weighted by molar-refractivity contribution is 6.30. The molecule has 0 saturated heterocycles. The predicted octanol–water partition coefficient (Wildman–Crippen LogP) is 1.99. The molecule has 0 heterocycles. The maximum atomic E-state index is 5.87. The Morgan fingerprint density at radius 3 is 2.77 bits per heavy atom. The van der Waals surface area contributed by atoms with E-state index in [-0.39, 0.29) is 0 Å². The number of hydrogen-bond acceptors (Lipinski definition) is 2. The minimum atomic E-state index is 0.593. The molecule has 0 atom stereocenters. The SMILES string of the molecule is COCc1cc(Cl)ccc1CCN. The van der Waals surface area contributed by atoms with E-state index < -0.39 is 0 Å². The molecular formula is C10H14ClNO. The first-order chi connectivity index (χ1) is 6.27. The van der Waals surface area contributed by atoms with Gasteiger partial charge in [0.05, 0.1) is 6.61 Å². The fourth-order valence-corrected chi connectivity index (χ4v) is 1.48. The Hall–Kier alpha value is -0.570. The van der Waals surface area contributed by atoms with Crippen LogP contribution in [0.3, 0.4) is 0 Å². The minimum absolute atomic E-state index is 0.593. The van der Waals surface area contributed by atoms with Crippen molar-refractivity contribution in [2.45, 2.75) is 13.0 Å². The third kappa shape index (κ3) is 2.99. The van der Waals surface area contributed by atoms with E-state index in [0.717, 1.165) is 17.0 Å². The summed E-state index contributed by atoms with van der Waals surface area (Å²) in [5.74, 6) is 0. The Labute approximate surface area is 83.6 Å². The van der Waals surface area contributed by atoms with Crippen LogP contribution in [0.15, 0.2) is 18.2 Å². The van der Waals surface area contributed by atoms with Gasteiger partial charge in [-0.15, -0.1) is 0 Å². The maximum Gasteiger partial charge on any atom is 0.0716 e. The number of halogens is 1. The van der Waals surface area contributed by atoms with Gasteiger partial charge in [0.25, 0.3) is 0 Å². The number of nitrogens with two attached hydrogens (primary N) is 1. The minimum Gasteiger partial charge on any atom is -0.380 e. The zero-order valence-corrected chi connectivity index (χ0v) is 8.47. The molecule has 0 bridgehead atoms. The topological polar surface area (TPSA) is 35.2 Å². The maximum absolute atomic E-state index is 5.87. The number of rotatable bonds is 4. The zero-order chi connectivity index (χ0) is 9.68. The number of benzene rings is 1. The standard InChI is InChI=1S/C10H14ClNO/c1-13-7-9-6-10(11)3-2-8(9)4-5-12/h2-3,6H,4-5,7,12H2,1H3. The average molecular weight is 200 g/mol. The average Bonchev–Trinajstić information content (AvgIpc) is 2.10. The van der Waals surface area contributed by atoms with Crippen LogP contribution in [-0.2, 0) is 17.8 Å². The molecule has 0 aliphatic carbocycles. The summed E-state index contributed by atoms with van der Waals surface area (Å²) in [6.07, 6.45) is 0.871. The molecule has 0 fully saturated rings. The van der Waals surface area contributed by atoms with Crippen molar-refractivity contribution in [3.05, 3.63) is 34.3 Å². The molecule has 0 saturated carbocycles. The van der Waals surface area contributed by atoms with Gasteiger partial charge in [-0.05, 0) is 36.2 Å². The lowest BCUT2D eigenvalue weighted by Crippen LogP contribution is -2.05. The molecule has 0 aliphatic heterocycles. The van der Waals surface area contributed by atoms with E-state index in [4.69, 9.17) is 22.1 Å². The van der Waals surface area contributed by atoms with Crippen LogP contribution in [0.4, 0.5) is 0 Å². The van der Waals surface area contributed by atoms with Crippen LogP contribution in [0.25, 0.3) is 0 Å². The highest BCUT2D eigenvalue weighted by Gasteiger charge is 2.01. The van der Waals surface area contributed by atoms with Gasteiger partial charge < -0.3 is 10.5 Å². The smallest absolute Gasteiger partial charge is 0.0716 e. The molecule has 0 spiro atoms. The number of ether oxygens (including phenoxy) is 1. The molecular weight excluding hydrogens is 186 g/mol. The number of hydrogen-bond donors (Lipinski definition) is 1. The quantitative estimate of drug-likeness (QED) is 0.805. The van der Waals surface area contributed by atoms with Gasteiger partial charge in [0, 0.05) is 12.1 Å². The van der Waals surface area contributed by atoms with E-state index in [1.165, 1.54) is 5.56 Å². The molecule has 3 heteroatoms. The first-order valence-electron chi connectivity index (χ1n) is 4.24. The van der Waals surface area contributed by atoms with Crippen LogP contribution in [0, 0.1) is 0 Å². The molecule has 0 radical (unpaired) electrons. The highest BCUT2D eigenvalue weighted by Crippen LogP contribution is 2.17. The van der Waals surface area contributed by atoms with Gasteiger partial charge in [-0.3, -0.25) is 0 Å². The van der Waals surface area contributed by atoms with E-state index in [0.29, 0.717) is 13.2 Å². The lowest BCUT2D eigenvalue weighted by Gasteiger charge is -2.07. The van der Waals surface area contributed by atoms with Crippen LogP contribution in [0.1, 0.15) is 11.1 Å². The summed E-state index contributed by atoms with van der Waals surface area (Å²) in [5.41, 5.74) is 7.83. The highest BCUT2D eigenvalue weighted by atomic mass is 35.5. The number of methoxy groups -OCH3 is 1. The summed E-state index contributed by atoms with van der Waals surface area (Å²) in [5, 5.41) is 0.743. The third-order valence-corrected chi connectivity index (χ3v) is 2.12. The van der Waals surface area contributed by atoms with Crippen LogP contribution < -0.4 is 5.73 Å². The van der Waals surface area contributed by atoms with Crippen molar-refractivity contribution in [2.24, 2.45) is 5.73 Å². The molecule has 0 amide bonds. The van der Waals surface area contributed by atoms with Crippen LogP contribution >= 0.6 is 11.6 Å². The Balaban J connectivity index is 2.89. The zero-order valence-electron chi connectivity index (χ0n) is 7.72.